The van der Waals surface area contributed by atoms with Gasteiger partial charge in [-0.1, -0.05) is 27.2 Å². The molecule has 2 aliphatic rings. The molecule has 1 unspecified atom stereocenters. The molecule has 0 aromatic heterocycles. The number of nitrogens with one attached hydrogen (secondary N) is 2. The average molecular weight is 284 g/mol. The highest BCUT2D eigenvalue weighted by Gasteiger charge is 2.42. The van der Waals surface area contributed by atoms with Crippen molar-refractivity contribution in [2.45, 2.75) is 63.8 Å². The second-order valence-electron chi connectivity index (χ2n) is 6.54. The summed E-state index contributed by atoms with van der Waals surface area (Å²) in [5.74, 6) is 1.36. The minimum Gasteiger partial charge on any atom is -0.332 e. The molecule has 0 aromatic rings. The normalized spacial score (nSPS) is 29.8. The number of thioether (sulfide) groups is 1. The van der Waals surface area contributed by atoms with Crippen molar-refractivity contribution in [2.75, 3.05) is 5.75 Å². The molecule has 2 amide bonds. The molecule has 2 N–H and O–H groups in total. The van der Waals surface area contributed by atoms with Crippen molar-refractivity contribution < 1.29 is 9.59 Å². The summed E-state index contributed by atoms with van der Waals surface area (Å²) >= 11 is 1.94. The number of carbonyl (C=O) groups is 2. The Morgan fingerprint density at radius 1 is 1.32 bits per heavy atom. The summed E-state index contributed by atoms with van der Waals surface area (Å²) in [5, 5.41) is 6.46. The van der Waals surface area contributed by atoms with Crippen molar-refractivity contribution in [1.29, 1.82) is 0 Å². The quantitative estimate of drug-likeness (QED) is 0.602. The lowest BCUT2D eigenvalue weighted by Gasteiger charge is -2.18. The highest BCUT2D eigenvalue weighted by atomic mass is 32.2. The third-order valence-corrected chi connectivity index (χ3v) is 5.43. The second kappa shape index (κ2) is 5.73. The first kappa shape index (κ1) is 14.7. The molecule has 2 heterocycles. The maximum atomic E-state index is 11.8. The monoisotopic (exact) mass is 284 g/mol. The lowest BCUT2D eigenvalue weighted by atomic mass is 9.87. The Labute approximate surface area is 119 Å². The molecule has 5 heteroatoms. The largest absolute Gasteiger partial charge is 0.332 e. The van der Waals surface area contributed by atoms with E-state index in [9.17, 15) is 9.59 Å². The third kappa shape index (κ3) is 3.65. The number of ketones is 1. The van der Waals surface area contributed by atoms with Crippen LogP contribution < -0.4 is 10.6 Å². The Kier molecular flexibility index (Phi) is 4.43. The van der Waals surface area contributed by atoms with Crippen LogP contribution in [0.1, 0.15) is 46.5 Å². The molecule has 0 spiro atoms. The Bertz CT molecular complexity index is 365. The van der Waals surface area contributed by atoms with E-state index in [4.69, 9.17) is 0 Å². The fraction of sp³-hybridized carbons (Fsp3) is 0.857. The van der Waals surface area contributed by atoms with Crippen LogP contribution in [0.25, 0.3) is 0 Å². The van der Waals surface area contributed by atoms with Crippen molar-refractivity contribution in [3.8, 4) is 0 Å². The van der Waals surface area contributed by atoms with E-state index in [2.05, 4.69) is 10.6 Å². The number of urea groups is 1. The summed E-state index contributed by atoms with van der Waals surface area (Å²) in [7, 11) is 0. The van der Waals surface area contributed by atoms with Gasteiger partial charge in [-0.25, -0.2) is 4.79 Å². The number of hydrogen-bond acceptors (Lipinski definition) is 3. The van der Waals surface area contributed by atoms with Crippen LogP contribution in [0.3, 0.4) is 0 Å². The first-order valence-corrected chi connectivity index (χ1v) is 8.15. The number of hydrogen-bond donors (Lipinski definition) is 2. The summed E-state index contributed by atoms with van der Waals surface area (Å²) in [6.07, 6.45) is 3.80. The second-order valence-corrected chi connectivity index (χ2v) is 7.81. The SMILES string of the molecule is CC(C)(C)C(=O)CCCCC1SC[C@@H]2NC(=O)N[C@H]12. The van der Waals surface area contributed by atoms with Crippen LogP contribution in [0.15, 0.2) is 0 Å². The molecule has 0 radical (unpaired) electrons. The molecule has 0 bridgehead atoms. The molecule has 0 saturated carbocycles. The van der Waals surface area contributed by atoms with Gasteiger partial charge in [0.15, 0.2) is 0 Å². The van der Waals surface area contributed by atoms with E-state index in [0.717, 1.165) is 25.0 Å². The van der Waals surface area contributed by atoms with Crippen molar-refractivity contribution in [3.05, 3.63) is 0 Å². The molecule has 19 heavy (non-hydrogen) atoms. The molecule has 0 aromatic carbocycles. The molecule has 0 aliphatic carbocycles. The maximum Gasteiger partial charge on any atom is 0.315 e. The molecule has 4 nitrogen and oxygen atoms in total. The van der Waals surface area contributed by atoms with Gasteiger partial charge < -0.3 is 10.6 Å². The van der Waals surface area contributed by atoms with E-state index in [1.54, 1.807) is 0 Å². The minimum atomic E-state index is -0.212. The molecule has 108 valence electrons. The Hall–Kier alpha value is -0.710. The number of Topliss-reactive ketones (excluding diaryl/α,β-unsaturated/α-hetero) is 1. The van der Waals surface area contributed by atoms with Gasteiger partial charge in [0.25, 0.3) is 0 Å². The number of amides is 2. The van der Waals surface area contributed by atoms with Gasteiger partial charge in [-0.2, -0.15) is 11.8 Å². The van der Waals surface area contributed by atoms with Gasteiger partial charge in [0.1, 0.15) is 5.78 Å². The van der Waals surface area contributed by atoms with E-state index >= 15 is 0 Å². The fourth-order valence-corrected chi connectivity index (χ4v) is 4.19. The smallest absolute Gasteiger partial charge is 0.315 e. The van der Waals surface area contributed by atoms with E-state index < -0.39 is 0 Å². The third-order valence-electron chi connectivity index (χ3n) is 3.92. The predicted octanol–water partition coefficient (Wildman–Crippen LogP) is 2.33. The predicted molar refractivity (Wildman–Crippen MR) is 78.4 cm³/mol. The highest BCUT2D eigenvalue weighted by molar-refractivity contribution is 8.00. The number of fused-ring (bicyclic) bond motifs is 1. The molecular weight excluding hydrogens is 260 g/mol. The van der Waals surface area contributed by atoms with Crippen molar-refractivity contribution >= 4 is 23.6 Å². The Balaban J connectivity index is 1.67. The number of carbonyl (C=O) groups excluding carboxylic acids is 2. The summed E-state index contributed by atoms with van der Waals surface area (Å²) < 4.78 is 0. The topological polar surface area (TPSA) is 58.2 Å². The zero-order valence-corrected chi connectivity index (χ0v) is 12.8. The standard InChI is InChI=1S/C14H24N2O2S/c1-14(2,3)11(17)7-5-4-6-10-12-9(8-19-10)15-13(18)16-12/h9-10,12H,4-8H2,1-3H3,(H2,15,16,18)/t9-,10?,12-/m0/s1. The molecule has 2 aliphatic heterocycles. The average Bonchev–Trinajstić information content (AvgIpc) is 2.82. The number of rotatable bonds is 5. The van der Waals surface area contributed by atoms with E-state index in [0.29, 0.717) is 23.5 Å². The maximum absolute atomic E-state index is 11.8. The van der Waals surface area contributed by atoms with Crippen molar-refractivity contribution in [2.24, 2.45) is 5.41 Å². The van der Waals surface area contributed by atoms with Crippen LogP contribution in [0.2, 0.25) is 0 Å². The van der Waals surface area contributed by atoms with E-state index in [1.165, 1.54) is 0 Å². The minimum absolute atomic E-state index is 0.0248. The van der Waals surface area contributed by atoms with Gasteiger partial charge in [-0.05, 0) is 12.8 Å². The summed E-state index contributed by atoms with van der Waals surface area (Å²) in [5.41, 5.74) is -0.212. The highest BCUT2D eigenvalue weighted by Crippen LogP contribution is 2.33. The van der Waals surface area contributed by atoms with Crippen LogP contribution in [0, 0.1) is 5.41 Å². The van der Waals surface area contributed by atoms with E-state index in [1.807, 2.05) is 32.5 Å². The van der Waals surface area contributed by atoms with Gasteiger partial charge in [-0.15, -0.1) is 0 Å². The molecule has 2 saturated heterocycles. The van der Waals surface area contributed by atoms with Gasteiger partial charge in [0, 0.05) is 22.8 Å². The zero-order chi connectivity index (χ0) is 14.0. The molecule has 3 atom stereocenters. The first-order chi connectivity index (χ1) is 8.88. The Morgan fingerprint density at radius 3 is 2.74 bits per heavy atom. The molecular formula is C14H24N2O2S. The van der Waals surface area contributed by atoms with Gasteiger partial charge in [0.05, 0.1) is 12.1 Å². The molecule has 2 rings (SSSR count). The molecule has 2 fully saturated rings. The van der Waals surface area contributed by atoms with Crippen LogP contribution in [-0.2, 0) is 4.79 Å². The van der Waals surface area contributed by atoms with E-state index in [-0.39, 0.29) is 17.5 Å². The fourth-order valence-electron chi connectivity index (χ4n) is 2.65. The van der Waals surface area contributed by atoms with Crippen LogP contribution in [0.4, 0.5) is 4.79 Å². The lowest BCUT2D eigenvalue weighted by Crippen LogP contribution is -2.36. The van der Waals surface area contributed by atoms with Gasteiger partial charge in [-0.3, -0.25) is 4.79 Å². The summed E-state index contributed by atoms with van der Waals surface area (Å²) in [6, 6.07) is 0.567. The lowest BCUT2D eigenvalue weighted by molar-refractivity contribution is -0.126. The first-order valence-electron chi connectivity index (χ1n) is 7.10. The van der Waals surface area contributed by atoms with Gasteiger partial charge in [0.2, 0.25) is 0 Å². The number of unbranched alkanes of at least 4 members (excludes halogenated alkanes) is 1. The Morgan fingerprint density at radius 2 is 2.05 bits per heavy atom. The van der Waals surface area contributed by atoms with Gasteiger partial charge >= 0.3 is 6.03 Å². The summed E-state index contributed by atoms with van der Waals surface area (Å²) in [6.45, 7) is 5.94. The zero-order valence-electron chi connectivity index (χ0n) is 12.0. The van der Waals surface area contributed by atoms with Crippen molar-refractivity contribution in [3.63, 3.8) is 0 Å². The van der Waals surface area contributed by atoms with Crippen LogP contribution >= 0.6 is 11.8 Å². The summed E-state index contributed by atoms with van der Waals surface area (Å²) in [4.78, 5) is 23.1. The van der Waals surface area contributed by atoms with Crippen LogP contribution in [-0.4, -0.2) is 34.9 Å². The van der Waals surface area contributed by atoms with Crippen molar-refractivity contribution in [1.82, 2.24) is 10.6 Å². The van der Waals surface area contributed by atoms with Crippen LogP contribution in [0.5, 0.6) is 0 Å².